The molecule has 4 rings (SSSR count). The van der Waals surface area contributed by atoms with Gasteiger partial charge in [0.05, 0.1) is 12.1 Å². The molecule has 4 aromatic rings. The van der Waals surface area contributed by atoms with Crippen molar-refractivity contribution in [1.82, 2.24) is 4.98 Å². The molecule has 1 amide bonds. The number of carbonyl (C=O) groups excluding carboxylic acids is 2. The Labute approximate surface area is 201 Å². The van der Waals surface area contributed by atoms with E-state index >= 15 is 0 Å². The van der Waals surface area contributed by atoms with Crippen molar-refractivity contribution >= 4 is 28.9 Å². The maximum atomic E-state index is 12.4. The van der Waals surface area contributed by atoms with Crippen molar-refractivity contribution in [2.75, 3.05) is 5.32 Å². The Kier molecular flexibility index (Phi) is 7.39. The van der Waals surface area contributed by atoms with Crippen molar-refractivity contribution < 1.29 is 23.5 Å². The van der Waals surface area contributed by atoms with Crippen molar-refractivity contribution in [2.45, 2.75) is 33.5 Å². The summed E-state index contributed by atoms with van der Waals surface area (Å²) in [5.74, 6) is 0.585. The van der Waals surface area contributed by atoms with E-state index in [1.54, 1.807) is 17.5 Å². The maximum absolute atomic E-state index is 12.4. The topological polar surface area (TPSA) is 90.7 Å². The maximum Gasteiger partial charge on any atom is 0.374 e. The zero-order valence-electron chi connectivity index (χ0n) is 18.9. The number of nitrogens with zero attached hydrogens (tertiary/aromatic N) is 1. The van der Waals surface area contributed by atoms with Crippen LogP contribution in [0.3, 0.4) is 0 Å². The minimum absolute atomic E-state index is 0.00944. The molecule has 2 heterocycles. The first kappa shape index (κ1) is 23.3. The predicted octanol–water partition coefficient (Wildman–Crippen LogP) is 5.47. The summed E-state index contributed by atoms with van der Waals surface area (Å²) in [6.07, 6.45) is 0.148. The van der Waals surface area contributed by atoms with Crippen LogP contribution in [0.15, 0.2) is 70.5 Å². The van der Waals surface area contributed by atoms with Crippen LogP contribution in [0.2, 0.25) is 0 Å². The Morgan fingerprint density at radius 3 is 2.68 bits per heavy atom. The van der Waals surface area contributed by atoms with Crippen LogP contribution >= 0.6 is 11.3 Å². The van der Waals surface area contributed by atoms with Crippen molar-refractivity contribution in [1.29, 1.82) is 0 Å². The SMILES string of the molecule is Cc1ccc(C)c(NC(=O)Cc2nc(COC(=O)c3ccc(COc4ccccc4)o3)cs2)c1. The highest BCUT2D eigenvalue weighted by Gasteiger charge is 2.15. The normalized spacial score (nSPS) is 10.6. The van der Waals surface area contributed by atoms with Crippen LogP contribution in [-0.2, 0) is 29.2 Å². The summed E-state index contributed by atoms with van der Waals surface area (Å²) in [6, 6.07) is 18.5. The van der Waals surface area contributed by atoms with E-state index in [2.05, 4.69) is 10.3 Å². The first-order valence-corrected chi connectivity index (χ1v) is 11.6. The van der Waals surface area contributed by atoms with Crippen LogP contribution in [0.5, 0.6) is 5.75 Å². The van der Waals surface area contributed by atoms with E-state index in [1.165, 1.54) is 11.3 Å². The molecule has 0 saturated heterocycles. The molecule has 8 heteroatoms. The van der Waals surface area contributed by atoms with Crippen molar-refractivity contribution in [3.63, 3.8) is 0 Å². The van der Waals surface area contributed by atoms with E-state index in [9.17, 15) is 9.59 Å². The molecule has 2 aromatic heterocycles. The summed E-state index contributed by atoms with van der Waals surface area (Å²) in [4.78, 5) is 29.1. The van der Waals surface area contributed by atoms with Gasteiger partial charge in [-0.2, -0.15) is 0 Å². The third kappa shape index (κ3) is 6.32. The Balaban J connectivity index is 1.25. The van der Waals surface area contributed by atoms with E-state index in [0.717, 1.165) is 16.8 Å². The molecule has 0 unspecified atom stereocenters. The van der Waals surface area contributed by atoms with Gasteiger partial charge in [-0.1, -0.05) is 30.3 Å². The summed E-state index contributed by atoms with van der Waals surface area (Å²) in [5.41, 5.74) is 3.44. The van der Waals surface area contributed by atoms with Crippen LogP contribution in [0.4, 0.5) is 5.69 Å². The second kappa shape index (κ2) is 10.8. The van der Waals surface area contributed by atoms with E-state index in [-0.39, 0.29) is 31.3 Å². The lowest BCUT2D eigenvalue weighted by Crippen LogP contribution is -2.15. The van der Waals surface area contributed by atoms with Crippen molar-refractivity contribution in [2.24, 2.45) is 0 Å². The highest BCUT2D eigenvalue weighted by molar-refractivity contribution is 7.09. The summed E-state index contributed by atoms with van der Waals surface area (Å²) in [5, 5.41) is 5.34. The number of para-hydroxylation sites is 1. The molecule has 0 bridgehead atoms. The van der Waals surface area contributed by atoms with E-state index in [1.807, 2.05) is 62.4 Å². The number of rotatable bonds is 9. The van der Waals surface area contributed by atoms with Gasteiger partial charge in [-0.25, -0.2) is 9.78 Å². The second-order valence-corrected chi connectivity index (χ2v) is 8.66. The first-order chi connectivity index (χ1) is 16.5. The third-order valence-electron chi connectivity index (χ3n) is 4.92. The number of aryl methyl sites for hydroxylation is 2. The number of benzene rings is 2. The zero-order chi connectivity index (χ0) is 23.9. The molecule has 1 N–H and O–H groups in total. The number of carbonyl (C=O) groups is 2. The van der Waals surface area contributed by atoms with Crippen molar-refractivity contribution in [3.8, 4) is 5.75 Å². The largest absolute Gasteiger partial charge is 0.486 e. The lowest BCUT2D eigenvalue weighted by molar-refractivity contribution is -0.115. The van der Waals surface area contributed by atoms with Crippen LogP contribution < -0.4 is 10.1 Å². The van der Waals surface area contributed by atoms with Crippen LogP contribution in [0.25, 0.3) is 0 Å². The minimum atomic E-state index is -0.590. The number of hydrogen-bond acceptors (Lipinski definition) is 7. The van der Waals surface area contributed by atoms with Crippen LogP contribution in [0.1, 0.15) is 38.1 Å². The second-order valence-electron chi connectivity index (χ2n) is 7.72. The van der Waals surface area contributed by atoms with Gasteiger partial charge in [0.25, 0.3) is 0 Å². The Hall–Kier alpha value is -3.91. The molecule has 0 atom stereocenters. The minimum Gasteiger partial charge on any atom is -0.486 e. The fourth-order valence-electron chi connectivity index (χ4n) is 3.15. The molecular weight excluding hydrogens is 452 g/mol. The molecule has 0 aliphatic rings. The molecular formula is C26H24N2O5S. The summed E-state index contributed by atoms with van der Waals surface area (Å²) >= 11 is 1.35. The average molecular weight is 477 g/mol. The van der Waals surface area contributed by atoms with Gasteiger partial charge >= 0.3 is 5.97 Å². The Morgan fingerprint density at radius 1 is 1.03 bits per heavy atom. The number of anilines is 1. The fraction of sp³-hybridized carbons (Fsp3) is 0.192. The monoisotopic (exact) mass is 476 g/mol. The molecule has 34 heavy (non-hydrogen) atoms. The van der Waals surface area contributed by atoms with Gasteiger partial charge in [-0.15, -0.1) is 11.3 Å². The highest BCUT2D eigenvalue weighted by atomic mass is 32.1. The fourth-order valence-corrected chi connectivity index (χ4v) is 3.92. The first-order valence-electron chi connectivity index (χ1n) is 10.7. The summed E-state index contributed by atoms with van der Waals surface area (Å²) < 4.78 is 16.4. The van der Waals surface area contributed by atoms with Crippen molar-refractivity contribution in [3.05, 3.63) is 99.4 Å². The van der Waals surface area contributed by atoms with E-state index in [0.29, 0.717) is 22.2 Å². The highest BCUT2D eigenvalue weighted by Crippen LogP contribution is 2.19. The number of amides is 1. The predicted molar refractivity (Wildman–Crippen MR) is 129 cm³/mol. The van der Waals surface area contributed by atoms with Gasteiger partial charge < -0.3 is 19.2 Å². The third-order valence-corrected chi connectivity index (χ3v) is 5.81. The van der Waals surface area contributed by atoms with Gasteiger partial charge in [-0.3, -0.25) is 4.79 Å². The molecule has 2 aromatic carbocycles. The Bertz CT molecular complexity index is 1280. The summed E-state index contributed by atoms with van der Waals surface area (Å²) in [6.45, 7) is 4.12. The number of hydrogen-bond donors (Lipinski definition) is 1. The number of nitrogens with one attached hydrogen (secondary N) is 1. The van der Waals surface area contributed by atoms with E-state index in [4.69, 9.17) is 13.9 Å². The quantitative estimate of drug-likeness (QED) is 0.322. The number of thiazole rings is 1. The zero-order valence-corrected chi connectivity index (χ0v) is 19.7. The lowest BCUT2D eigenvalue weighted by atomic mass is 10.1. The molecule has 0 fully saturated rings. The lowest BCUT2D eigenvalue weighted by Gasteiger charge is -2.08. The smallest absolute Gasteiger partial charge is 0.374 e. The van der Waals surface area contributed by atoms with Gasteiger partial charge in [0, 0.05) is 11.1 Å². The number of esters is 1. The van der Waals surface area contributed by atoms with Crippen LogP contribution in [-0.4, -0.2) is 16.9 Å². The van der Waals surface area contributed by atoms with Gasteiger partial charge in [-0.05, 0) is 55.3 Å². The van der Waals surface area contributed by atoms with Gasteiger partial charge in [0.2, 0.25) is 11.7 Å². The average Bonchev–Trinajstić information content (AvgIpc) is 3.49. The van der Waals surface area contributed by atoms with Gasteiger partial charge in [0.1, 0.15) is 29.7 Å². The molecule has 7 nitrogen and oxygen atoms in total. The molecule has 0 aliphatic heterocycles. The van der Waals surface area contributed by atoms with E-state index < -0.39 is 5.97 Å². The number of aromatic nitrogens is 1. The number of ether oxygens (including phenoxy) is 2. The molecule has 174 valence electrons. The molecule has 0 saturated carbocycles. The van der Waals surface area contributed by atoms with Crippen LogP contribution in [0, 0.1) is 13.8 Å². The molecule has 0 radical (unpaired) electrons. The standard InChI is InChI=1S/C26H24N2O5S/c1-17-8-9-18(2)22(12-17)28-24(29)13-25-27-19(16-34-25)14-32-26(30)23-11-10-21(33-23)15-31-20-6-4-3-5-7-20/h3-12,16H,13-15H2,1-2H3,(H,28,29). The molecule has 0 spiro atoms. The van der Waals surface area contributed by atoms with Gasteiger partial charge in [0.15, 0.2) is 0 Å². The Morgan fingerprint density at radius 2 is 1.85 bits per heavy atom. The molecule has 0 aliphatic carbocycles. The number of furan rings is 1. The summed E-state index contributed by atoms with van der Waals surface area (Å²) in [7, 11) is 0.